The SMILES string of the molecule is NC(=O)C1CCCN(C(=O)CN2CC(CO)C2)C1. The van der Waals surface area contributed by atoms with Gasteiger partial charge in [-0.3, -0.25) is 14.5 Å². The molecule has 0 bridgehead atoms. The van der Waals surface area contributed by atoms with Crippen molar-refractivity contribution >= 4 is 11.8 Å². The summed E-state index contributed by atoms with van der Waals surface area (Å²) >= 11 is 0. The van der Waals surface area contributed by atoms with E-state index in [9.17, 15) is 9.59 Å². The molecule has 2 amide bonds. The van der Waals surface area contributed by atoms with E-state index < -0.39 is 0 Å². The van der Waals surface area contributed by atoms with E-state index in [-0.39, 0.29) is 24.3 Å². The number of carbonyl (C=O) groups is 2. The van der Waals surface area contributed by atoms with Crippen molar-refractivity contribution in [3.63, 3.8) is 0 Å². The van der Waals surface area contributed by atoms with Crippen molar-refractivity contribution in [2.75, 3.05) is 39.3 Å². The van der Waals surface area contributed by atoms with Gasteiger partial charge in [0.15, 0.2) is 0 Å². The molecule has 1 unspecified atom stereocenters. The molecule has 2 heterocycles. The van der Waals surface area contributed by atoms with Crippen LogP contribution >= 0.6 is 0 Å². The third-order valence-corrected chi connectivity index (χ3v) is 3.83. The Labute approximate surface area is 107 Å². The fraction of sp³-hybridized carbons (Fsp3) is 0.833. The second-order valence-corrected chi connectivity index (χ2v) is 5.32. The molecule has 6 nitrogen and oxygen atoms in total. The molecule has 0 aromatic heterocycles. The van der Waals surface area contributed by atoms with Crippen LogP contribution in [0.4, 0.5) is 0 Å². The molecule has 6 heteroatoms. The van der Waals surface area contributed by atoms with E-state index in [0.29, 0.717) is 19.0 Å². The highest BCUT2D eigenvalue weighted by molar-refractivity contribution is 5.81. The summed E-state index contributed by atoms with van der Waals surface area (Å²) in [5.41, 5.74) is 5.29. The summed E-state index contributed by atoms with van der Waals surface area (Å²) in [7, 11) is 0. The van der Waals surface area contributed by atoms with Gasteiger partial charge in [-0.25, -0.2) is 0 Å². The van der Waals surface area contributed by atoms with Crippen molar-refractivity contribution in [3.05, 3.63) is 0 Å². The third kappa shape index (κ3) is 3.00. The van der Waals surface area contributed by atoms with Crippen LogP contribution in [-0.2, 0) is 9.59 Å². The van der Waals surface area contributed by atoms with E-state index in [1.54, 1.807) is 4.90 Å². The van der Waals surface area contributed by atoms with E-state index in [1.165, 1.54) is 0 Å². The lowest BCUT2D eigenvalue weighted by Crippen LogP contribution is -2.54. The second kappa shape index (κ2) is 5.67. The van der Waals surface area contributed by atoms with Gasteiger partial charge in [0.25, 0.3) is 0 Å². The number of nitrogens with two attached hydrogens (primary N) is 1. The second-order valence-electron chi connectivity index (χ2n) is 5.32. The predicted octanol–water partition coefficient (Wildman–Crippen LogP) is -1.37. The zero-order valence-corrected chi connectivity index (χ0v) is 10.5. The molecule has 2 aliphatic rings. The van der Waals surface area contributed by atoms with Gasteiger partial charge in [0.2, 0.25) is 11.8 Å². The van der Waals surface area contributed by atoms with Crippen molar-refractivity contribution in [1.82, 2.24) is 9.80 Å². The average molecular weight is 255 g/mol. The number of hydrogen-bond donors (Lipinski definition) is 2. The molecule has 2 saturated heterocycles. The van der Waals surface area contributed by atoms with Gasteiger partial charge in [-0.15, -0.1) is 0 Å². The van der Waals surface area contributed by atoms with Gasteiger partial charge < -0.3 is 15.7 Å². The highest BCUT2D eigenvalue weighted by Gasteiger charge is 2.31. The first-order valence-corrected chi connectivity index (χ1v) is 6.50. The van der Waals surface area contributed by atoms with Crippen LogP contribution in [0.15, 0.2) is 0 Å². The fourth-order valence-corrected chi connectivity index (χ4v) is 2.65. The van der Waals surface area contributed by atoms with Crippen LogP contribution in [0.5, 0.6) is 0 Å². The smallest absolute Gasteiger partial charge is 0.236 e. The Morgan fingerprint density at radius 1 is 1.28 bits per heavy atom. The number of nitrogens with zero attached hydrogens (tertiary/aromatic N) is 2. The lowest BCUT2D eigenvalue weighted by Gasteiger charge is -2.39. The van der Waals surface area contributed by atoms with Crippen LogP contribution in [0, 0.1) is 11.8 Å². The molecule has 0 aromatic rings. The largest absolute Gasteiger partial charge is 0.396 e. The molecular weight excluding hydrogens is 234 g/mol. The van der Waals surface area contributed by atoms with Gasteiger partial charge >= 0.3 is 0 Å². The standard InChI is InChI=1S/C12H21N3O3/c13-12(18)10-2-1-3-15(6-10)11(17)7-14-4-9(5-14)8-16/h9-10,16H,1-8H2,(H2,13,18). The third-order valence-electron chi connectivity index (χ3n) is 3.83. The summed E-state index contributed by atoms with van der Waals surface area (Å²) in [6.45, 7) is 3.34. The Kier molecular flexibility index (Phi) is 4.19. The summed E-state index contributed by atoms with van der Waals surface area (Å²) in [6, 6.07) is 0. The molecule has 2 rings (SSSR count). The summed E-state index contributed by atoms with van der Waals surface area (Å²) < 4.78 is 0. The molecule has 2 aliphatic heterocycles. The highest BCUT2D eigenvalue weighted by Crippen LogP contribution is 2.18. The molecule has 3 N–H and O–H groups in total. The minimum atomic E-state index is -0.309. The topological polar surface area (TPSA) is 86.9 Å². The van der Waals surface area contributed by atoms with Crippen molar-refractivity contribution < 1.29 is 14.7 Å². The summed E-state index contributed by atoms with van der Waals surface area (Å²) in [6.07, 6.45) is 1.63. The van der Waals surface area contributed by atoms with E-state index in [2.05, 4.69) is 0 Å². The highest BCUT2D eigenvalue weighted by atomic mass is 16.3. The number of piperidine rings is 1. The number of aliphatic hydroxyl groups is 1. The van der Waals surface area contributed by atoms with E-state index >= 15 is 0 Å². The van der Waals surface area contributed by atoms with Crippen LogP contribution in [-0.4, -0.2) is 66.1 Å². The predicted molar refractivity (Wildman–Crippen MR) is 65.5 cm³/mol. The summed E-state index contributed by atoms with van der Waals surface area (Å²) in [4.78, 5) is 26.9. The number of carbonyl (C=O) groups excluding carboxylic acids is 2. The molecule has 0 radical (unpaired) electrons. The van der Waals surface area contributed by atoms with Crippen molar-refractivity contribution in [2.45, 2.75) is 12.8 Å². The first-order valence-electron chi connectivity index (χ1n) is 6.50. The Bertz CT molecular complexity index is 329. The minimum Gasteiger partial charge on any atom is -0.396 e. The fourth-order valence-electron chi connectivity index (χ4n) is 2.65. The van der Waals surface area contributed by atoms with Crippen molar-refractivity contribution in [1.29, 1.82) is 0 Å². The van der Waals surface area contributed by atoms with Gasteiger partial charge in [-0.2, -0.15) is 0 Å². The minimum absolute atomic E-state index is 0.0670. The van der Waals surface area contributed by atoms with Crippen LogP contribution in [0.2, 0.25) is 0 Å². The van der Waals surface area contributed by atoms with Gasteiger partial charge in [-0.1, -0.05) is 0 Å². The molecule has 1 atom stereocenters. The molecule has 2 fully saturated rings. The van der Waals surface area contributed by atoms with E-state index in [4.69, 9.17) is 10.8 Å². The summed E-state index contributed by atoms with van der Waals surface area (Å²) in [5, 5.41) is 8.91. The maximum absolute atomic E-state index is 12.0. The van der Waals surface area contributed by atoms with E-state index in [0.717, 1.165) is 32.5 Å². The van der Waals surface area contributed by atoms with Gasteiger partial charge in [0.05, 0.1) is 12.5 Å². The Hall–Kier alpha value is -1.14. The summed E-state index contributed by atoms with van der Waals surface area (Å²) in [5.74, 6) is -0.115. The normalized spacial score (nSPS) is 25.8. The van der Waals surface area contributed by atoms with Gasteiger partial charge in [0.1, 0.15) is 0 Å². The van der Waals surface area contributed by atoms with Gasteiger partial charge in [0, 0.05) is 38.7 Å². The average Bonchev–Trinajstić information content (AvgIpc) is 2.33. The molecule has 0 saturated carbocycles. The maximum Gasteiger partial charge on any atom is 0.236 e. The Morgan fingerprint density at radius 3 is 2.61 bits per heavy atom. The Morgan fingerprint density at radius 2 is 2.00 bits per heavy atom. The molecular formula is C12H21N3O3. The van der Waals surface area contributed by atoms with Crippen LogP contribution < -0.4 is 5.73 Å². The monoisotopic (exact) mass is 255 g/mol. The zero-order chi connectivity index (χ0) is 13.1. The van der Waals surface area contributed by atoms with Gasteiger partial charge in [-0.05, 0) is 12.8 Å². The molecule has 0 spiro atoms. The Balaban J connectivity index is 1.77. The molecule has 0 aromatic carbocycles. The quantitative estimate of drug-likeness (QED) is 0.649. The number of aliphatic hydroxyl groups excluding tert-OH is 1. The van der Waals surface area contributed by atoms with Crippen molar-refractivity contribution in [3.8, 4) is 0 Å². The number of rotatable bonds is 4. The zero-order valence-electron chi connectivity index (χ0n) is 10.5. The maximum atomic E-state index is 12.0. The van der Waals surface area contributed by atoms with Crippen LogP contribution in [0.3, 0.4) is 0 Å². The number of likely N-dealkylation sites (tertiary alicyclic amines) is 2. The molecule has 0 aliphatic carbocycles. The number of hydrogen-bond acceptors (Lipinski definition) is 4. The van der Waals surface area contributed by atoms with Crippen LogP contribution in [0.1, 0.15) is 12.8 Å². The number of amides is 2. The van der Waals surface area contributed by atoms with E-state index in [1.807, 2.05) is 4.90 Å². The molecule has 102 valence electrons. The van der Waals surface area contributed by atoms with Crippen molar-refractivity contribution in [2.24, 2.45) is 17.6 Å². The first kappa shape index (κ1) is 13.3. The first-order chi connectivity index (χ1) is 8.60. The van der Waals surface area contributed by atoms with Crippen LogP contribution in [0.25, 0.3) is 0 Å². The molecule has 18 heavy (non-hydrogen) atoms. The number of primary amides is 1. The lowest BCUT2D eigenvalue weighted by molar-refractivity contribution is -0.137. The lowest BCUT2D eigenvalue weighted by atomic mass is 9.97.